The minimum absolute atomic E-state index is 0.229. The Morgan fingerprint density at radius 1 is 1.13 bits per heavy atom. The summed E-state index contributed by atoms with van der Waals surface area (Å²) in [6.07, 6.45) is 3.44. The van der Waals surface area contributed by atoms with Crippen LogP contribution in [0.15, 0.2) is 48.8 Å². The lowest BCUT2D eigenvalue weighted by Crippen LogP contribution is -2.11. The second-order valence-corrected chi connectivity index (χ2v) is 3.36. The molecule has 1 heterocycles. The summed E-state index contributed by atoms with van der Waals surface area (Å²) in [6.45, 7) is 0. The lowest BCUT2D eigenvalue weighted by atomic mass is 10.0. The van der Waals surface area contributed by atoms with Crippen LogP contribution in [0.25, 0.3) is 0 Å². The molecule has 1 aromatic heterocycles. The molecule has 2 aromatic rings. The average molecular weight is 200 g/mol. The van der Waals surface area contributed by atoms with Crippen LogP contribution in [0.1, 0.15) is 17.2 Å². The smallest absolute Gasteiger partial charge is 0.115 e. The van der Waals surface area contributed by atoms with Gasteiger partial charge in [0.2, 0.25) is 0 Å². The van der Waals surface area contributed by atoms with Crippen LogP contribution in [-0.4, -0.2) is 10.1 Å². The molecule has 0 fully saturated rings. The highest BCUT2D eigenvalue weighted by atomic mass is 16.3. The molecular formula is C12H12N2O. The number of phenols is 1. The van der Waals surface area contributed by atoms with Gasteiger partial charge in [-0.25, -0.2) is 0 Å². The van der Waals surface area contributed by atoms with Crippen LogP contribution in [-0.2, 0) is 0 Å². The molecule has 3 heteroatoms. The van der Waals surface area contributed by atoms with Crippen molar-refractivity contribution in [2.45, 2.75) is 6.04 Å². The van der Waals surface area contributed by atoms with Gasteiger partial charge in [-0.2, -0.15) is 0 Å². The highest BCUT2D eigenvalue weighted by Gasteiger charge is 2.08. The molecule has 0 spiro atoms. The van der Waals surface area contributed by atoms with Crippen molar-refractivity contribution in [1.29, 1.82) is 0 Å². The second kappa shape index (κ2) is 4.11. The molecule has 0 saturated carbocycles. The standard InChI is InChI=1S/C12H12N2O/c13-12(10-4-2-6-14-8-10)9-3-1-5-11(15)7-9/h1-8,12,15H,13H2. The second-order valence-electron chi connectivity index (χ2n) is 3.36. The van der Waals surface area contributed by atoms with Crippen molar-refractivity contribution in [3.8, 4) is 5.75 Å². The molecule has 0 bridgehead atoms. The van der Waals surface area contributed by atoms with Gasteiger partial charge in [0, 0.05) is 12.4 Å². The normalized spacial score (nSPS) is 12.3. The maximum absolute atomic E-state index is 9.34. The zero-order chi connectivity index (χ0) is 10.7. The third-order valence-corrected chi connectivity index (χ3v) is 2.27. The molecule has 0 saturated heterocycles. The molecule has 3 nitrogen and oxygen atoms in total. The van der Waals surface area contributed by atoms with E-state index in [4.69, 9.17) is 5.73 Å². The molecule has 3 N–H and O–H groups in total. The maximum Gasteiger partial charge on any atom is 0.115 e. The van der Waals surface area contributed by atoms with Gasteiger partial charge in [0.15, 0.2) is 0 Å². The van der Waals surface area contributed by atoms with Gasteiger partial charge in [0.25, 0.3) is 0 Å². The van der Waals surface area contributed by atoms with Crippen molar-refractivity contribution in [1.82, 2.24) is 4.98 Å². The Kier molecular flexibility index (Phi) is 2.65. The third-order valence-electron chi connectivity index (χ3n) is 2.27. The van der Waals surface area contributed by atoms with Crippen molar-refractivity contribution in [3.05, 3.63) is 59.9 Å². The molecule has 1 atom stereocenters. The number of nitrogens with two attached hydrogens (primary N) is 1. The number of benzene rings is 1. The van der Waals surface area contributed by atoms with E-state index >= 15 is 0 Å². The molecule has 1 aromatic carbocycles. The van der Waals surface area contributed by atoms with E-state index in [1.165, 1.54) is 0 Å². The quantitative estimate of drug-likeness (QED) is 0.777. The van der Waals surface area contributed by atoms with Crippen LogP contribution in [0.4, 0.5) is 0 Å². The summed E-state index contributed by atoms with van der Waals surface area (Å²) in [6, 6.07) is 10.5. The summed E-state index contributed by atoms with van der Waals surface area (Å²) >= 11 is 0. The lowest BCUT2D eigenvalue weighted by Gasteiger charge is -2.11. The SMILES string of the molecule is NC(c1cccnc1)c1cccc(O)c1. The Morgan fingerprint density at radius 2 is 1.93 bits per heavy atom. The number of hydrogen-bond donors (Lipinski definition) is 2. The Balaban J connectivity index is 2.32. The predicted molar refractivity (Wildman–Crippen MR) is 58.4 cm³/mol. The average Bonchev–Trinajstić information content (AvgIpc) is 2.29. The van der Waals surface area contributed by atoms with E-state index in [9.17, 15) is 5.11 Å². The Bertz CT molecular complexity index is 442. The molecular weight excluding hydrogens is 188 g/mol. The zero-order valence-electron chi connectivity index (χ0n) is 8.17. The van der Waals surface area contributed by atoms with Gasteiger partial charge < -0.3 is 10.8 Å². The van der Waals surface area contributed by atoms with Gasteiger partial charge in [0.05, 0.1) is 6.04 Å². The number of aromatic nitrogens is 1. The number of phenolic OH excluding ortho intramolecular Hbond substituents is 1. The monoisotopic (exact) mass is 200 g/mol. The lowest BCUT2D eigenvalue weighted by molar-refractivity contribution is 0.474. The molecule has 0 aliphatic rings. The van der Waals surface area contributed by atoms with Crippen LogP contribution in [0.2, 0.25) is 0 Å². The Labute approximate surface area is 88.2 Å². The van der Waals surface area contributed by atoms with Gasteiger partial charge in [-0.15, -0.1) is 0 Å². The van der Waals surface area contributed by atoms with Gasteiger partial charge >= 0.3 is 0 Å². The number of nitrogens with zero attached hydrogens (tertiary/aromatic N) is 1. The summed E-state index contributed by atoms with van der Waals surface area (Å²) in [4.78, 5) is 4.01. The Morgan fingerprint density at radius 3 is 2.60 bits per heavy atom. The number of aromatic hydroxyl groups is 1. The first kappa shape index (κ1) is 9.68. The fourth-order valence-electron chi connectivity index (χ4n) is 1.47. The molecule has 1 unspecified atom stereocenters. The van der Waals surface area contributed by atoms with Crippen molar-refractivity contribution in [2.75, 3.05) is 0 Å². The molecule has 0 aliphatic heterocycles. The predicted octanol–water partition coefficient (Wildman–Crippen LogP) is 1.84. The van der Waals surface area contributed by atoms with E-state index in [1.807, 2.05) is 18.2 Å². The highest BCUT2D eigenvalue weighted by molar-refractivity contribution is 5.34. The summed E-state index contributed by atoms with van der Waals surface area (Å²) in [5.41, 5.74) is 7.85. The maximum atomic E-state index is 9.34. The first-order valence-electron chi connectivity index (χ1n) is 4.72. The number of rotatable bonds is 2. The van der Waals surface area contributed by atoms with Crippen LogP contribution < -0.4 is 5.73 Å². The summed E-state index contributed by atoms with van der Waals surface area (Å²) in [5.74, 6) is 0.229. The van der Waals surface area contributed by atoms with E-state index in [0.717, 1.165) is 11.1 Å². The van der Waals surface area contributed by atoms with E-state index in [-0.39, 0.29) is 11.8 Å². The van der Waals surface area contributed by atoms with Crippen molar-refractivity contribution in [2.24, 2.45) is 5.73 Å². The molecule has 2 rings (SSSR count). The van der Waals surface area contributed by atoms with Crippen LogP contribution in [0, 0.1) is 0 Å². The van der Waals surface area contributed by atoms with Crippen LogP contribution in [0.3, 0.4) is 0 Å². The summed E-state index contributed by atoms with van der Waals surface area (Å²) < 4.78 is 0. The Hall–Kier alpha value is -1.87. The molecule has 0 amide bonds. The zero-order valence-corrected chi connectivity index (χ0v) is 8.17. The topological polar surface area (TPSA) is 59.1 Å². The minimum atomic E-state index is -0.245. The first-order chi connectivity index (χ1) is 7.27. The molecule has 76 valence electrons. The van der Waals surface area contributed by atoms with E-state index in [1.54, 1.807) is 30.6 Å². The van der Waals surface area contributed by atoms with Crippen molar-refractivity contribution < 1.29 is 5.11 Å². The fraction of sp³-hybridized carbons (Fsp3) is 0.0833. The van der Waals surface area contributed by atoms with Crippen LogP contribution >= 0.6 is 0 Å². The molecule has 0 radical (unpaired) electrons. The third kappa shape index (κ3) is 2.14. The van der Waals surface area contributed by atoms with Gasteiger partial charge in [0.1, 0.15) is 5.75 Å². The van der Waals surface area contributed by atoms with E-state index in [2.05, 4.69) is 4.98 Å². The number of hydrogen-bond acceptors (Lipinski definition) is 3. The summed E-state index contributed by atoms with van der Waals surface area (Å²) in [7, 11) is 0. The van der Waals surface area contributed by atoms with E-state index in [0.29, 0.717) is 0 Å². The largest absolute Gasteiger partial charge is 0.508 e. The van der Waals surface area contributed by atoms with Crippen molar-refractivity contribution in [3.63, 3.8) is 0 Å². The van der Waals surface area contributed by atoms with Gasteiger partial charge in [-0.05, 0) is 29.3 Å². The van der Waals surface area contributed by atoms with Crippen molar-refractivity contribution >= 4 is 0 Å². The fourth-order valence-corrected chi connectivity index (χ4v) is 1.47. The summed E-state index contributed by atoms with van der Waals surface area (Å²) in [5, 5.41) is 9.34. The van der Waals surface area contributed by atoms with Gasteiger partial charge in [-0.3, -0.25) is 4.98 Å². The minimum Gasteiger partial charge on any atom is -0.508 e. The highest BCUT2D eigenvalue weighted by Crippen LogP contribution is 2.21. The number of pyridine rings is 1. The molecule has 15 heavy (non-hydrogen) atoms. The van der Waals surface area contributed by atoms with Gasteiger partial charge in [-0.1, -0.05) is 18.2 Å². The van der Waals surface area contributed by atoms with Crippen LogP contribution in [0.5, 0.6) is 5.75 Å². The first-order valence-corrected chi connectivity index (χ1v) is 4.72. The molecule has 0 aliphatic carbocycles. The van der Waals surface area contributed by atoms with E-state index < -0.39 is 0 Å².